The molecule has 1 aliphatic rings. The Kier molecular flexibility index (Phi) is 6.96. The zero-order valence-electron chi connectivity index (χ0n) is 16.6. The number of piperidine rings is 1. The van der Waals surface area contributed by atoms with Gasteiger partial charge in [0.15, 0.2) is 0 Å². The third-order valence-corrected chi connectivity index (χ3v) is 5.51. The predicted octanol–water partition coefficient (Wildman–Crippen LogP) is 3.87. The molecule has 2 aromatic carbocycles. The number of carbonyl (C=O) groups is 2. The number of halogens is 2. The molecule has 1 aliphatic heterocycles. The fourth-order valence-corrected chi connectivity index (χ4v) is 3.63. The number of aryl methyl sites for hydroxylation is 2. The van der Waals surface area contributed by atoms with Crippen LogP contribution in [0.1, 0.15) is 40.7 Å². The van der Waals surface area contributed by atoms with Crippen molar-refractivity contribution in [1.82, 2.24) is 10.2 Å². The average molecular weight is 400 g/mol. The lowest BCUT2D eigenvalue weighted by atomic mass is 9.90. The van der Waals surface area contributed by atoms with Crippen LogP contribution in [-0.4, -0.2) is 36.3 Å². The molecule has 0 saturated carbocycles. The quantitative estimate of drug-likeness (QED) is 0.800. The van der Waals surface area contributed by atoms with Gasteiger partial charge in [0.05, 0.1) is 12.1 Å². The van der Waals surface area contributed by atoms with Crippen LogP contribution in [0.3, 0.4) is 0 Å². The van der Waals surface area contributed by atoms with Gasteiger partial charge < -0.3 is 10.2 Å². The summed E-state index contributed by atoms with van der Waals surface area (Å²) >= 11 is 0. The van der Waals surface area contributed by atoms with Crippen LogP contribution in [0.5, 0.6) is 0 Å². The third-order valence-electron chi connectivity index (χ3n) is 5.51. The highest BCUT2D eigenvalue weighted by Gasteiger charge is 2.23. The Balaban J connectivity index is 1.40. The van der Waals surface area contributed by atoms with Crippen LogP contribution in [0.4, 0.5) is 8.78 Å². The molecule has 0 aliphatic carbocycles. The van der Waals surface area contributed by atoms with Crippen molar-refractivity contribution >= 4 is 11.8 Å². The highest BCUT2D eigenvalue weighted by Crippen LogP contribution is 2.22. The zero-order chi connectivity index (χ0) is 20.8. The van der Waals surface area contributed by atoms with Gasteiger partial charge in [0.25, 0.3) is 5.91 Å². The molecule has 2 amide bonds. The summed E-state index contributed by atoms with van der Waals surface area (Å²) in [6, 6.07) is 11.3. The van der Waals surface area contributed by atoms with E-state index in [1.807, 2.05) is 0 Å². The monoisotopic (exact) mass is 400 g/mol. The number of nitrogens with zero attached hydrogens (tertiary/aromatic N) is 1. The molecule has 2 aromatic rings. The van der Waals surface area contributed by atoms with Crippen molar-refractivity contribution in [3.05, 3.63) is 70.8 Å². The van der Waals surface area contributed by atoms with Crippen LogP contribution >= 0.6 is 0 Å². The first-order chi connectivity index (χ1) is 13.9. The van der Waals surface area contributed by atoms with Gasteiger partial charge in [0, 0.05) is 19.2 Å². The van der Waals surface area contributed by atoms with Crippen LogP contribution in [0.2, 0.25) is 0 Å². The number of hydrogen-bond acceptors (Lipinski definition) is 2. The van der Waals surface area contributed by atoms with Gasteiger partial charge in [0.2, 0.25) is 5.91 Å². The molecule has 0 atom stereocenters. The van der Waals surface area contributed by atoms with Crippen molar-refractivity contribution in [3.63, 3.8) is 0 Å². The molecular weight excluding hydrogens is 374 g/mol. The van der Waals surface area contributed by atoms with E-state index in [0.717, 1.165) is 37.8 Å². The summed E-state index contributed by atoms with van der Waals surface area (Å²) in [5, 5.41) is 2.43. The number of nitrogens with one attached hydrogen (secondary N) is 1. The summed E-state index contributed by atoms with van der Waals surface area (Å²) in [4.78, 5) is 26.1. The Morgan fingerprint density at radius 3 is 2.41 bits per heavy atom. The topological polar surface area (TPSA) is 49.4 Å². The van der Waals surface area contributed by atoms with Gasteiger partial charge >= 0.3 is 0 Å². The normalized spacial score (nSPS) is 14.7. The second kappa shape index (κ2) is 9.63. The molecule has 1 heterocycles. The van der Waals surface area contributed by atoms with Crippen molar-refractivity contribution in [2.45, 2.75) is 32.6 Å². The summed E-state index contributed by atoms with van der Waals surface area (Å²) < 4.78 is 26.6. The van der Waals surface area contributed by atoms with Gasteiger partial charge in [-0.3, -0.25) is 9.59 Å². The van der Waals surface area contributed by atoms with Gasteiger partial charge in [-0.2, -0.15) is 0 Å². The Bertz CT molecular complexity index is 860. The predicted molar refractivity (Wildman–Crippen MR) is 107 cm³/mol. The van der Waals surface area contributed by atoms with Gasteiger partial charge in [-0.15, -0.1) is 0 Å². The largest absolute Gasteiger partial charge is 0.343 e. The Morgan fingerprint density at radius 1 is 1.07 bits per heavy atom. The van der Waals surface area contributed by atoms with E-state index in [2.05, 4.69) is 36.5 Å². The molecule has 0 aromatic heterocycles. The third kappa shape index (κ3) is 5.86. The summed E-state index contributed by atoms with van der Waals surface area (Å²) in [6.45, 7) is 3.22. The van der Waals surface area contributed by atoms with E-state index in [0.29, 0.717) is 25.1 Å². The molecule has 29 heavy (non-hydrogen) atoms. The molecule has 1 saturated heterocycles. The Hall–Kier alpha value is -2.76. The number of amides is 2. The maximum Gasteiger partial charge on any atom is 0.254 e. The molecule has 6 heteroatoms. The molecular formula is C23H26F2N2O2. The highest BCUT2D eigenvalue weighted by atomic mass is 19.1. The standard InChI is InChI=1S/C23H26F2N2O2/c1-16-2-4-17(5-3-16)6-7-18-10-12-27(13-11-18)22(28)15-26-23(29)20-9-8-19(24)14-21(20)25/h2-5,8-9,14,18H,6-7,10-13,15H2,1H3,(H,26,29). The molecule has 4 nitrogen and oxygen atoms in total. The van der Waals surface area contributed by atoms with Crippen molar-refractivity contribution < 1.29 is 18.4 Å². The lowest BCUT2D eigenvalue weighted by molar-refractivity contribution is -0.131. The number of carbonyl (C=O) groups excluding carboxylic acids is 2. The van der Waals surface area contributed by atoms with Gasteiger partial charge in [-0.05, 0) is 56.2 Å². The summed E-state index contributed by atoms with van der Waals surface area (Å²) in [7, 11) is 0. The number of benzene rings is 2. The Labute approximate surface area is 169 Å². The van der Waals surface area contributed by atoms with Crippen molar-refractivity contribution in [1.29, 1.82) is 0 Å². The molecule has 3 rings (SSSR count). The van der Waals surface area contributed by atoms with Crippen LogP contribution in [0.25, 0.3) is 0 Å². The molecule has 0 bridgehead atoms. The van der Waals surface area contributed by atoms with Gasteiger partial charge in [0.1, 0.15) is 11.6 Å². The van der Waals surface area contributed by atoms with Crippen LogP contribution in [-0.2, 0) is 11.2 Å². The number of hydrogen-bond donors (Lipinski definition) is 1. The fourth-order valence-electron chi connectivity index (χ4n) is 3.63. The fraction of sp³-hybridized carbons (Fsp3) is 0.391. The van der Waals surface area contributed by atoms with E-state index in [4.69, 9.17) is 0 Å². The highest BCUT2D eigenvalue weighted by molar-refractivity contribution is 5.96. The van der Waals surface area contributed by atoms with E-state index in [9.17, 15) is 18.4 Å². The summed E-state index contributed by atoms with van der Waals surface area (Å²) in [5.41, 5.74) is 2.33. The minimum atomic E-state index is -0.940. The smallest absolute Gasteiger partial charge is 0.254 e. The second-order valence-electron chi connectivity index (χ2n) is 7.66. The number of likely N-dealkylation sites (tertiary alicyclic amines) is 1. The maximum absolute atomic E-state index is 13.6. The van der Waals surface area contributed by atoms with Crippen LogP contribution in [0, 0.1) is 24.5 Å². The first-order valence-corrected chi connectivity index (χ1v) is 9.99. The first kappa shape index (κ1) is 21.0. The van der Waals surface area contributed by atoms with Crippen LogP contribution < -0.4 is 5.32 Å². The lowest BCUT2D eigenvalue weighted by Crippen LogP contribution is -2.44. The summed E-state index contributed by atoms with van der Waals surface area (Å²) in [6.07, 6.45) is 4.03. The average Bonchev–Trinajstić information content (AvgIpc) is 2.72. The van der Waals surface area contributed by atoms with E-state index in [-0.39, 0.29) is 18.0 Å². The molecule has 154 valence electrons. The van der Waals surface area contributed by atoms with E-state index >= 15 is 0 Å². The van der Waals surface area contributed by atoms with Gasteiger partial charge in [-0.25, -0.2) is 8.78 Å². The van der Waals surface area contributed by atoms with Crippen LogP contribution in [0.15, 0.2) is 42.5 Å². The van der Waals surface area contributed by atoms with E-state index in [1.54, 1.807) is 4.90 Å². The lowest BCUT2D eigenvalue weighted by Gasteiger charge is -2.32. The molecule has 0 spiro atoms. The van der Waals surface area contributed by atoms with E-state index in [1.165, 1.54) is 11.1 Å². The second-order valence-corrected chi connectivity index (χ2v) is 7.66. The minimum absolute atomic E-state index is 0.183. The molecule has 0 unspecified atom stereocenters. The minimum Gasteiger partial charge on any atom is -0.343 e. The van der Waals surface area contributed by atoms with Crippen molar-refractivity contribution in [2.75, 3.05) is 19.6 Å². The zero-order valence-corrected chi connectivity index (χ0v) is 16.6. The van der Waals surface area contributed by atoms with Crippen molar-refractivity contribution in [3.8, 4) is 0 Å². The van der Waals surface area contributed by atoms with Crippen molar-refractivity contribution in [2.24, 2.45) is 5.92 Å². The van der Waals surface area contributed by atoms with Gasteiger partial charge in [-0.1, -0.05) is 29.8 Å². The molecule has 0 radical (unpaired) electrons. The first-order valence-electron chi connectivity index (χ1n) is 9.99. The summed E-state index contributed by atoms with van der Waals surface area (Å²) in [5.74, 6) is -2.00. The SMILES string of the molecule is Cc1ccc(CCC2CCN(C(=O)CNC(=O)c3ccc(F)cc3F)CC2)cc1. The maximum atomic E-state index is 13.6. The number of rotatable bonds is 6. The molecule has 1 N–H and O–H groups in total. The molecule has 1 fully saturated rings. The van der Waals surface area contributed by atoms with E-state index < -0.39 is 17.5 Å². The Morgan fingerprint density at radius 2 is 1.76 bits per heavy atom.